The van der Waals surface area contributed by atoms with Gasteiger partial charge in [0.25, 0.3) is 0 Å². The SMILES string of the molecule is c1ccc(-c2ccccc2-c2ccccc2-c2ccccc2-c2ccc(N(c3cccc(-c4cccc5c4oc4ccccc45)c3)c3ccc4c(c3)oc3ccccc34)cc2)cc1. The van der Waals surface area contributed by atoms with Crippen LogP contribution in [0.25, 0.3) is 99.5 Å². The highest BCUT2D eigenvalue weighted by Gasteiger charge is 2.20. The van der Waals surface area contributed by atoms with Crippen LogP contribution in [-0.2, 0) is 0 Å². The lowest BCUT2D eigenvalue weighted by atomic mass is 9.87. The van der Waals surface area contributed by atoms with Crippen molar-refractivity contribution in [2.75, 3.05) is 4.90 Å². The molecule has 0 fully saturated rings. The fourth-order valence-electron chi connectivity index (χ4n) is 9.39. The molecule has 0 bridgehead atoms. The molecule has 10 aromatic carbocycles. The number of benzene rings is 10. The highest BCUT2D eigenvalue weighted by Crippen LogP contribution is 2.44. The van der Waals surface area contributed by atoms with E-state index in [9.17, 15) is 0 Å². The van der Waals surface area contributed by atoms with Crippen LogP contribution in [0.1, 0.15) is 0 Å². The highest BCUT2D eigenvalue weighted by atomic mass is 16.3. The normalized spacial score (nSPS) is 11.5. The van der Waals surface area contributed by atoms with Crippen LogP contribution in [0.15, 0.2) is 245 Å². The third kappa shape index (κ3) is 6.38. The minimum Gasteiger partial charge on any atom is -0.456 e. The van der Waals surface area contributed by atoms with Crippen molar-refractivity contribution in [2.45, 2.75) is 0 Å². The Kier molecular flexibility index (Phi) is 8.83. The van der Waals surface area contributed by atoms with Crippen molar-refractivity contribution >= 4 is 60.9 Å². The third-order valence-corrected chi connectivity index (χ3v) is 12.3. The Morgan fingerprint density at radius 1 is 0.238 bits per heavy atom. The average molecular weight is 806 g/mol. The summed E-state index contributed by atoms with van der Waals surface area (Å²) < 4.78 is 13.0. The molecule has 0 spiro atoms. The molecular formula is C60H39NO2. The fourth-order valence-corrected chi connectivity index (χ4v) is 9.39. The van der Waals surface area contributed by atoms with Crippen LogP contribution in [0, 0.1) is 0 Å². The molecule has 2 aromatic heterocycles. The molecule has 0 aliphatic carbocycles. The van der Waals surface area contributed by atoms with Crippen molar-refractivity contribution in [1.29, 1.82) is 0 Å². The van der Waals surface area contributed by atoms with Gasteiger partial charge in [-0.15, -0.1) is 0 Å². The number of furan rings is 2. The van der Waals surface area contributed by atoms with E-state index in [2.05, 4.69) is 217 Å². The van der Waals surface area contributed by atoms with Crippen molar-refractivity contribution in [3.8, 4) is 55.6 Å². The maximum Gasteiger partial charge on any atom is 0.143 e. The molecule has 0 amide bonds. The van der Waals surface area contributed by atoms with Crippen LogP contribution in [0.2, 0.25) is 0 Å². The number of hydrogen-bond acceptors (Lipinski definition) is 3. The first-order valence-corrected chi connectivity index (χ1v) is 21.4. The van der Waals surface area contributed by atoms with E-state index in [1.807, 2.05) is 24.3 Å². The van der Waals surface area contributed by atoms with Crippen LogP contribution >= 0.6 is 0 Å². The van der Waals surface area contributed by atoms with E-state index in [0.29, 0.717) is 0 Å². The van der Waals surface area contributed by atoms with Crippen molar-refractivity contribution in [1.82, 2.24) is 0 Å². The number of nitrogens with zero attached hydrogens (tertiary/aromatic N) is 1. The predicted octanol–water partition coefficient (Wildman–Crippen LogP) is 17.3. The standard InChI is InChI=1S/C60H39NO2/c1-2-16-40(17-3-1)46-20-4-6-22-49(46)51-24-8-9-25-52(51)50-23-7-5-21-47(50)41-32-34-43(35-33-41)61(45-36-37-55-53-26-10-12-30-57(53)62-59(55)39-45)44-19-14-18-42(38-44)48-28-15-29-56-54-27-11-13-31-58(54)63-60(48)56/h1-39H. The molecule has 3 nitrogen and oxygen atoms in total. The number of fused-ring (bicyclic) bond motifs is 6. The van der Waals surface area contributed by atoms with Gasteiger partial charge in [-0.05, 0) is 98.6 Å². The van der Waals surface area contributed by atoms with Crippen molar-refractivity contribution in [3.05, 3.63) is 237 Å². The molecule has 0 aliphatic rings. The molecule has 3 heteroatoms. The first-order chi connectivity index (χ1) is 31.2. The van der Waals surface area contributed by atoms with Gasteiger partial charge in [-0.1, -0.05) is 182 Å². The summed E-state index contributed by atoms with van der Waals surface area (Å²) in [5.41, 5.74) is 18.2. The largest absolute Gasteiger partial charge is 0.456 e. The van der Waals surface area contributed by atoms with Gasteiger partial charge in [-0.25, -0.2) is 0 Å². The fraction of sp³-hybridized carbons (Fsp3) is 0. The second-order valence-corrected chi connectivity index (χ2v) is 16.0. The monoisotopic (exact) mass is 805 g/mol. The minimum atomic E-state index is 0.847. The second-order valence-electron chi connectivity index (χ2n) is 16.0. The van der Waals surface area contributed by atoms with Gasteiger partial charge in [0.15, 0.2) is 0 Å². The summed E-state index contributed by atoms with van der Waals surface area (Å²) in [6.45, 7) is 0. The molecule has 0 aliphatic heterocycles. The Balaban J connectivity index is 0.978. The van der Waals surface area contributed by atoms with Gasteiger partial charge in [0.05, 0.1) is 0 Å². The van der Waals surface area contributed by atoms with Crippen molar-refractivity contribution in [2.24, 2.45) is 0 Å². The lowest BCUT2D eigenvalue weighted by Crippen LogP contribution is -2.10. The molecular weight excluding hydrogens is 767 g/mol. The summed E-state index contributed by atoms with van der Waals surface area (Å²) in [4.78, 5) is 2.32. The smallest absolute Gasteiger partial charge is 0.143 e. The van der Waals surface area contributed by atoms with Gasteiger partial charge in [0.2, 0.25) is 0 Å². The van der Waals surface area contributed by atoms with E-state index in [1.165, 1.54) is 38.9 Å². The topological polar surface area (TPSA) is 29.5 Å². The number of para-hydroxylation sites is 3. The predicted molar refractivity (Wildman–Crippen MR) is 263 cm³/mol. The van der Waals surface area contributed by atoms with Crippen LogP contribution in [-0.4, -0.2) is 0 Å². The lowest BCUT2D eigenvalue weighted by molar-refractivity contribution is 0.669. The summed E-state index contributed by atoms with van der Waals surface area (Å²) in [5, 5.41) is 4.44. The first-order valence-electron chi connectivity index (χ1n) is 21.4. The Labute approximate surface area is 365 Å². The Hall–Kier alpha value is -8.40. The van der Waals surface area contributed by atoms with Gasteiger partial charge in [0.1, 0.15) is 22.3 Å². The van der Waals surface area contributed by atoms with Gasteiger partial charge >= 0.3 is 0 Å². The van der Waals surface area contributed by atoms with Crippen molar-refractivity contribution in [3.63, 3.8) is 0 Å². The zero-order valence-corrected chi connectivity index (χ0v) is 34.3. The number of anilines is 3. The molecule has 0 radical (unpaired) electrons. The molecule has 0 N–H and O–H groups in total. The number of hydrogen-bond donors (Lipinski definition) is 0. The third-order valence-electron chi connectivity index (χ3n) is 12.3. The second kappa shape index (κ2) is 15.3. The molecule has 0 unspecified atom stereocenters. The summed E-state index contributed by atoms with van der Waals surface area (Å²) in [6.07, 6.45) is 0. The van der Waals surface area contributed by atoms with Gasteiger partial charge in [-0.3, -0.25) is 0 Å². The minimum absolute atomic E-state index is 0.847. The van der Waals surface area contributed by atoms with E-state index in [0.717, 1.165) is 77.6 Å². The zero-order chi connectivity index (χ0) is 41.7. The van der Waals surface area contributed by atoms with Crippen LogP contribution < -0.4 is 4.90 Å². The van der Waals surface area contributed by atoms with Gasteiger partial charge in [-0.2, -0.15) is 0 Å². The van der Waals surface area contributed by atoms with E-state index in [1.54, 1.807) is 0 Å². The summed E-state index contributed by atoms with van der Waals surface area (Å²) >= 11 is 0. The summed E-state index contributed by atoms with van der Waals surface area (Å²) in [6, 6.07) is 84.1. The first kappa shape index (κ1) is 36.5. The lowest BCUT2D eigenvalue weighted by Gasteiger charge is -2.26. The average Bonchev–Trinajstić information content (AvgIpc) is 3.93. The maximum absolute atomic E-state index is 6.51. The van der Waals surface area contributed by atoms with Crippen LogP contribution in [0.5, 0.6) is 0 Å². The molecule has 0 saturated carbocycles. The quantitative estimate of drug-likeness (QED) is 0.153. The van der Waals surface area contributed by atoms with E-state index in [4.69, 9.17) is 8.83 Å². The molecule has 2 heterocycles. The molecule has 0 atom stereocenters. The van der Waals surface area contributed by atoms with Crippen LogP contribution in [0.4, 0.5) is 17.1 Å². The van der Waals surface area contributed by atoms with E-state index >= 15 is 0 Å². The Bertz CT molecular complexity index is 3630. The van der Waals surface area contributed by atoms with E-state index < -0.39 is 0 Å². The molecule has 0 saturated heterocycles. The Morgan fingerprint density at radius 3 is 1.37 bits per heavy atom. The Morgan fingerprint density at radius 2 is 0.683 bits per heavy atom. The maximum atomic E-state index is 6.51. The summed E-state index contributed by atoms with van der Waals surface area (Å²) in [5.74, 6) is 0. The molecule has 296 valence electrons. The van der Waals surface area contributed by atoms with E-state index in [-0.39, 0.29) is 0 Å². The number of rotatable bonds is 8. The summed E-state index contributed by atoms with van der Waals surface area (Å²) in [7, 11) is 0. The van der Waals surface area contributed by atoms with Crippen molar-refractivity contribution < 1.29 is 8.83 Å². The highest BCUT2D eigenvalue weighted by molar-refractivity contribution is 6.10. The molecule has 12 aromatic rings. The molecule has 12 rings (SSSR count). The van der Waals surface area contributed by atoms with Gasteiger partial charge in [0, 0.05) is 50.2 Å². The zero-order valence-electron chi connectivity index (χ0n) is 34.3. The van der Waals surface area contributed by atoms with Gasteiger partial charge < -0.3 is 13.7 Å². The van der Waals surface area contributed by atoms with Crippen LogP contribution in [0.3, 0.4) is 0 Å². The molecule has 63 heavy (non-hydrogen) atoms.